The van der Waals surface area contributed by atoms with E-state index in [9.17, 15) is 18.0 Å². The van der Waals surface area contributed by atoms with E-state index in [4.69, 9.17) is 0 Å². The fraction of sp³-hybridized carbons (Fsp3) is 0.500. The van der Waals surface area contributed by atoms with Crippen molar-refractivity contribution in [1.82, 2.24) is 4.98 Å². The molecule has 1 aromatic rings. The molecule has 0 aromatic carbocycles. The summed E-state index contributed by atoms with van der Waals surface area (Å²) < 4.78 is 39.2. The lowest BCUT2D eigenvalue weighted by Crippen LogP contribution is -2.29. The zero-order chi connectivity index (χ0) is 12.5. The third-order valence-corrected chi connectivity index (χ3v) is 3.13. The standard InChI is InChI=1S/C12H12F3NO/c13-10-7-16-6-3-9(10)11(17)8-1-4-12(14,15)5-2-8/h3,6-8H,1-2,4-5H2. The van der Waals surface area contributed by atoms with Gasteiger partial charge in [0.15, 0.2) is 11.6 Å². The third-order valence-electron chi connectivity index (χ3n) is 3.13. The number of halogens is 3. The van der Waals surface area contributed by atoms with Crippen molar-refractivity contribution in [3.05, 3.63) is 29.8 Å². The first-order valence-electron chi connectivity index (χ1n) is 5.51. The molecule has 2 nitrogen and oxygen atoms in total. The number of carbonyl (C=O) groups excluding carboxylic acids is 1. The van der Waals surface area contributed by atoms with E-state index in [2.05, 4.69) is 4.98 Å². The van der Waals surface area contributed by atoms with Gasteiger partial charge in [-0.05, 0) is 18.9 Å². The number of rotatable bonds is 2. The molecule has 0 radical (unpaired) electrons. The first-order chi connectivity index (χ1) is 7.99. The highest BCUT2D eigenvalue weighted by Gasteiger charge is 2.37. The lowest BCUT2D eigenvalue weighted by atomic mass is 9.82. The number of alkyl halides is 2. The number of carbonyl (C=O) groups is 1. The van der Waals surface area contributed by atoms with Crippen LogP contribution in [-0.4, -0.2) is 16.7 Å². The molecule has 1 heterocycles. The van der Waals surface area contributed by atoms with E-state index in [1.807, 2.05) is 0 Å². The SMILES string of the molecule is O=C(c1ccncc1F)C1CCC(F)(F)CC1. The van der Waals surface area contributed by atoms with Crippen LogP contribution in [0.15, 0.2) is 18.5 Å². The number of Topliss-reactive ketones (excluding diaryl/α,β-unsaturated/α-hetero) is 1. The number of hydrogen-bond donors (Lipinski definition) is 0. The molecular weight excluding hydrogens is 231 g/mol. The van der Waals surface area contributed by atoms with Crippen molar-refractivity contribution in [2.45, 2.75) is 31.6 Å². The smallest absolute Gasteiger partial charge is 0.248 e. The minimum atomic E-state index is -2.67. The van der Waals surface area contributed by atoms with E-state index in [1.54, 1.807) is 0 Å². The van der Waals surface area contributed by atoms with Crippen molar-refractivity contribution in [2.24, 2.45) is 5.92 Å². The van der Waals surface area contributed by atoms with Crippen molar-refractivity contribution in [3.63, 3.8) is 0 Å². The molecule has 1 fully saturated rings. The molecule has 0 unspecified atom stereocenters. The van der Waals surface area contributed by atoms with Gasteiger partial charge in [-0.1, -0.05) is 0 Å². The Morgan fingerprint density at radius 2 is 2.00 bits per heavy atom. The molecule has 0 N–H and O–H groups in total. The van der Waals surface area contributed by atoms with Gasteiger partial charge < -0.3 is 0 Å². The Kier molecular flexibility index (Phi) is 3.17. The monoisotopic (exact) mass is 243 g/mol. The van der Waals surface area contributed by atoms with Crippen LogP contribution in [0.25, 0.3) is 0 Å². The van der Waals surface area contributed by atoms with Gasteiger partial charge in [0.1, 0.15) is 0 Å². The first-order valence-corrected chi connectivity index (χ1v) is 5.51. The van der Waals surface area contributed by atoms with Crippen molar-refractivity contribution >= 4 is 5.78 Å². The summed E-state index contributed by atoms with van der Waals surface area (Å²) >= 11 is 0. The summed E-state index contributed by atoms with van der Waals surface area (Å²) in [5, 5.41) is 0. The highest BCUT2D eigenvalue weighted by molar-refractivity contribution is 5.98. The maximum absolute atomic E-state index is 13.3. The minimum absolute atomic E-state index is 0.0461. The number of hydrogen-bond acceptors (Lipinski definition) is 2. The molecular formula is C12H12F3NO. The minimum Gasteiger partial charge on any atom is -0.294 e. The quantitative estimate of drug-likeness (QED) is 0.746. The molecule has 0 amide bonds. The Bertz CT molecular complexity index is 424. The normalized spacial score (nSPS) is 20.2. The summed E-state index contributed by atoms with van der Waals surface area (Å²) in [7, 11) is 0. The molecule has 92 valence electrons. The molecule has 0 spiro atoms. The van der Waals surface area contributed by atoms with Gasteiger partial charge in [-0.3, -0.25) is 9.78 Å². The molecule has 5 heteroatoms. The van der Waals surface area contributed by atoms with Crippen molar-refractivity contribution in [3.8, 4) is 0 Å². The van der Waals surface area contributed by atoms with Gasteiger partial charge in [0.05, 0.1) is 11.8 Å². The van der Waals surface area contributed by atoms with Crippen LogP contribution in [0.4, 0.5) is 13.2 Å². The molecule has 0 aliphatic heterocycles. The average Bonchev–Trinajstić information content (AvgIpc) is 2.29. The van der Waals surface area contributed by atoms with Crippen LogP contribution in [0, 0.1) is 11.7 Å². The Balaban J connectivity index is 2.10. The Labute approximate surface area is 96.9 Å². The third kappa shape index (κ3) is 2.65. The van der Waals surface area contributed by atoms with Gasteiger partial charge in [0.2, 0.25) is 5.92 Å². The lowest BCUT2D eigenvalue weighted by molar-refractivity contribution is -0.0424. The van der Waals surface area contributed by atoms with E-state index in [1.165, 1.54) is 12.3 Å². The second-order valence-electron chi connectivity index (χ2n) is 4.35. The van der Waals surface area contributed by atoms with Gasteiger partial charge in [0.25, 0.3) is 0 Å². The van der Waals surface area contributed by atoms with E-state index in [0.717, 1.165) is 6.20 Å². The summed E-state index contributed by atoms with van der Waals surface area (Å²) in [6, 6.07) is 1.30. The van der Waals surface area contributed by atoms with Crippen LogP contribution in [0.3, 0.4) is 0 Å². The molecule has 2 rings (SSSR count). The van der Waals surface area contributed by atoms with E-state index < -0.39 is 17.7 Å². The number of ketones is 1. The van der Waals surface area contributed by atoms with Crippen LogP contribution in [0.5, 0.6) is 0 Å². The largest absolute Gasteiger partial charge is 0.294 e. The van der Waals surface area contributed by atoms with Crippen LogP contribution < -0.4 is 0 Å². The van der Waals surface area contributed by atoms with E-state index >= 15 is 0 Å². The second kappa shape index (κ2) is 4.47. The highest BCUT2D eigenvalue weighted by Crippen LogP contribution is 2.37. The summed E-state index contributed by atoms with van der Waals surface area (Å²) in [6.45, 7) is 0. The van der Waals surface area contributed by atoms with Gasteiger partial charge >= 0.3 is 0 Å². The fourth-order valence-electron chi connectivity index (χ4n) is 2.10. The summed E-state index contributed by atoms with van der Waals surface area (Å²) in [5.41, 5.74) is -0.0461. The lowest BCUT2D eigenvalue weighted by Gasteiger charge is -2.27. The van der Waals surface area contributed by atoms with Crippen LogP contribution in [0.1, 0.15) is 36.0 Å². The van der Waals surface area contributed by atoms with Crippen molar-refractivity contribution < 1.29 is 18.0 Å². The molecule has 0 saturated heterocycles. The average molecular weight is 243 g/mol. The van der Waals surface area contributed by atoms with Gasteiger partial charge in [-0.2, -0.15) is 0 Å². The molecule has 1 aliphatic carbocycles. The van der Waals surface area contributed by atoms with Crippen LogP contribution >= 0.6 is 0 Å². The Hall–Kier alpha value is -1.39. The molecule has 1 saturated carbocycles. The molecule has 0 bridgehead atoms. The van der Waals surface area contributed by atoms with E-state index in [0.29, 0.717) is 0 Å². The van der Waals surface area contributed by atoms with Crippen molar-refractivity contribution in [2.75, 3.05) is 0 Å². The second-order valence-corrected chi connectivity index (χ2v) is 4.35. The zero-order valence-corrected chi connectivity index (χ0v) is 9.13. The molecule has 17 heavy (non-hydrogen) atoms. The number of nitrogens with zero attached hydrogens (tertiary/aromatic N) is 1. The maximum Gasteiger partial charge on any atom is 0.248 e. The summed E-state index contributed by atoms with van der Waals surface area (Å²) in [4.78, 5) is 15.5. The molecule has 1 aromatic heterocycles. The predicted octanol–water partition coefficient (Wildman–Crippen LogP) is 3.23. The van der Waals surface area contributed by atoms with Gasteiger partial charge in [0, 0.05) is 25.0 Å². The number of aromatic nitrogens is 1. The zero-order valence-electron chi connectivity index (χ0n) is 9.13. The summed E-state index contributed by atoms with van der Waals surface area (Å²) in [5.74, 6) is -4.24. The van der Waals surface area contributed by atoms with Crippen LogP contribution in [0.2, 0.25) is 0 Å². The van der Waals surface area contributed by atoms with Gasteiger partial charge in [-0.15, -0.1) is 0 Å². The van der Waals surface area contributed by atoms with E-state index in [-0.39, 0.29) is 37.0 Å². The Morgan fingerprint density at radius 1 is 1.35 bits per heavy atom. The molecule has 0 atom stereocenters. The Morgan fingerprint density at radius 3 is 2.59 bits per heavy atom. The topological polar surface area (TPSA) is 30.0 Å². The molecule has 1 aliphatic rings. The van der Waals surface area contributed by atoms with Crippen LogP contribution in [-0.2, 0) is 0 Å². The van der Waals surface area contributed by atoms with Crippen molar-refractivity contribution in [1.29, 1.82) is 0 Å². The fourth-order valence-corrected chi connectivity index (χ4v) is 2.10. The first kappa shape index (κ1) is 12.1. The predicted molar refractivity (Wildman–Crippen MR) is 55.4 cm³/mol. The van der Waals surface area contributed by atoms with Gasteiger partial charge in [-0.25, -0.2) is 13.2 Å². The maximum atomic E-state index is 13.3. The number of pyridine rings is 1. The highest BCUT2D eigenvalue weighted by atomic mass is 19.3. The summed E-state index contributed by atoms with van der Waals surface area (Å²) in [6.07, 6.45) is 1.94.